The number of anilines is 2. The van der Waals surface area contributed by atoms with Gasteiger partial charge in [0.1, 0.15) is 0 Å². The summed E-state index contributed by atoms with van der Waals surface area (Å²) in [4.78, 5) is 21.5. The topological polar surface area (TPSA) is 72.1 Å². The summed E-state index contributed by atoms with van der Waals surface area (Å²) >= 11 is 0. The van der Waals surface area contributed by atoms with Crippen molar-refractivity contribution in [2.45, 2.75) is 26.2 Å². The van der Waals surface area contributed by atoms with Gasteiger partial charge < -0.3 is 5.73 Å². The van der Waals surface area contributed by atoms with Gasteiger partial charge in [-0.15, -0.1) is 0 Å². The Morgan fingerprint density at radius 2 is 2.27 bits per heavy atom. The van der Waals surface area contributed by atoms with Crippen molar-refractivity contribution in [3.63, 3.8) is 0 Å². The van der Waals surface area contributed by atoms with E-state index in [0.29, 0.717) is 24.6 Å². The molecule has 80 valence electrons. The Hall–Kier alpha value is -1.65. The van der Waals surface area contributed by atoms with Crippen molar-refractivity contribution in [3.8, 4) is 0 Å². The largest absolute Gasteiger partial charge is 0.396 e. The van der Waals surface area contributed by atoms with Gasteiger partial charge >= 0.3 is 0 Å². The number of nitrogens with zero attached hydrogens (tertiary/aromatic N) is 3. The van der Waals surface area contributed by atoms with E-state index in [1.54, 1.807) is 11.1 Å². The SMILES string of the molecule is Cc1nc(N2CCCCC2=O)ncc1N. The number of aryl methyl sites for hydroxylation is 1. The Kier molecular flexibility index (Phi) is 2.53. The summed E-state index contributed by atoms with van der Waals surface area (Å²) in [5.74, 6) is 0.580. The van der Waals surface area contributed by atoms with Crippen LogP contribution in [-0.4, -0.2) is 22.4 Å². The second-order valence-corrected chi connectivity index (χ2v) is 3.71. The smallest absolute Gasteiger partial charge is 0.232 e. The normalized spacial score (nSPS) is 16.9. The fraction of sp³-hybridized carbons (Fsp3) is 0.500. The lowest BCUT2D eigenvalue weighted by molar-refractivity contribution is -0.119. The van der Waals surface area contributed by atoms with Gasteiger partial charge in [-0.2, -0.15) is 0 Å². The molecule has 15 heavy (non-hydrogen) atoms. The summed E-state index contributed by atoms with van der Waals surface area (Å²) in [6.07, 6.45) is 4.12. The fourth-order valence-corrected chi connectivity index (χ4v) is 1.61. The number of carbonyl (C=O) groups is 1. The fourth-order valence-electron chi connectivity index (χ4n) is 1.61. The second kappa shape index (κ2) is 3.84. The highest BCUT2D eigenvalue weighted by atomic mass is 16.2. The van der Waals surface area contributed by atoms with Gasteiger partial charge in [-0.1, -0.05) is 0 Å². The third-order valence-electron chi connectivity index (χ3n) is 2.57. The molecular weight excluding hydrogens is 192 g/mol. The van der Waals surface area contributed by atoms with E-state index < -0.39 is 0 Å². The van der Waals surface area contributed by atoms with Crippen LogP contribution in [-0.2, 0) is 4.79 Å². The maximum Gasteiger partial charge on any atom is 0.232 e. The molecule has 0 saturated carbocycles. The van der Waals surface area contributed by atoms with Crippen LogP contribution < -0.4 is 10.6 Å². The third kappa shape index (κ3) is 1.91. The van der Waals surface area contributed by atoms with Crippen LogP contribution in [0, 0.1) is 6.92 Å². The van der Waals surface area contributed by atoms with Crippen LogP contribution >= 0.6 is 0 Å². The van der Waals surface area contributed by atoms with E-state index in [1.807, 2.05) is 6.92 Å². The molecule has 2 rings (SSSR count). The van der Waals surface area contributed by atoms with Crippen LogP contribution in [0.1, 0.15) is 25.0 Å². The summed E-state index contributed by atoms with van der Waals surface area (Å²) < 4.78 is 0. The first-order valence-electron chi connectivity index (χ1n) is 5.08. The molecule has 0 radical (unpaired) electrons. The van der Waals surface area contributed by atoms with Crippen molar-refractivity contribution in [1.82, 2.24) is 9.97 Å². The number of hydrogen-bond donors (Lipinski definition) is 1. The van der Waals surface area contributed by atoms with E-state index in [-0.39, 0.29) is 5.91 Å². The molecule has 1 amide bonds. The summed E-state index contributed by atoms with van der Waals surface area (Å²) in [5, 5.41) is 0. The van der Waals surface area contributed by atoms with Gasteiger partial charge in [0, 0.05) is 13.0 Å². The van der Waals surface area contributed by atoms with Crippen molar-refractivity contribution in [1.29, 1.82) is 0 Å². The minimum Gasteiger partial charge on any atom is -0.396 e. The van der Waals surface area contributed by atoms with Gasteiger partial charge in [0.25, 0.3) is 0 Å². The minimum atomic E-state index is 0.102. The molecule has 0 aliphatic carbocycles. The van der Waals surface area contributed by atoms with E-state index in [4.69, 9.17) is 5.73 Å². The number of hydrogen-bond acceptors (Lipinski definition) is 4. The zero-order valence-electron chi connectivity index (χ0n) is 8.73. The van der Waals surface area contributed by atoms with Crippen LogP contribution in [0.15, 0.2) is 6.20 Å². The van der Waals surface area contributed by atoms with Crippen molar-refractivity contribution >= 4 is 17.5 Å². The first kappa shape index (κ1) is 9.89. The van der Waals surface area contributed by atoms with Crippen molar-refractivity contribution in [2.24, 2.45) is 0 Å². The molecule has 5 nitrogen and oxygen atoms in total. The molecule has 0 aromatic carbocycles. The molecule has 2 N–H and O–H groups in total. The number of amides is 1. The number of nitrogen functional groups attached to an aromatic ring is 1. The molecule has 1 aliphatic heterocycles. The first-order valence-corrected chi connectivity index (χ1v) is 5.08. The molecule has 5 heteroatoms. The van der Waals surface area contributed by atoms with Gasteiger partial charge in [0.2, 0.25) is 11.9 Å². The Morgan fingerprint density at radius 1 is 1.47 bits per heavy atom. The highest BCUT2D eigenvalue weighted by Gasteiger charge is 2.21. The van der Waals surface area contributed by atoms with Crippen molar-refractivity contribution < 1.29 is 4.79 Å². The second-order valence-electron chi connectivity index (χ2n) is 3.71. The number of nitrogens with two attached hydrogens (primary N) is 1. The van der Waals surface area contributed by atoms with Crippen molar-refractivity contribution in [3.05, 3.63) is 11.9 Å². The van der Waals surface area contributed by atoms with Gasteiger partial charge in [-0.25, -0.2) is 9.97 Å². The average molecular weight is 206 g/mol. The average Bonchev–Trinajstić information content (AvgIpc) is 2.23. The molecule has 2 heterocycles. The van der Waals surface area contributed by atoms with Gasteiger partial charge in [-0.3, -0.25) is 9.69 Å². The van der Waals surface area contributed by atoms with E-state index in [1.165, 1.54) is 0 Å². The van der Waals surface area contributed by atoms with E-state index in [9.17, 15) is 4.79 Å². The first-order chi connectivity index (χ1) is 7.18. The summed E-state index contributed by atoms with van der Waals surface area (Å²) in [5.41, 5.74) is 6.90. The minimum absolute atomic E-state index is 0.102. The third-order valence-corrected chi connectivity index (χ3v) is 2.57. The van der Waals surface area contributed by atoms with Gasteiger partial charge in [0.05, 0.1) is 17.6 Å². The molecule has 1 aliphatic rings. The standard InChI is InChI=1S/C10H14N4O/c1-7-8(11)6-12-10(13-7)14-5-3-2-4-9(14)15/h6H,2-5,11H2,1H3. The molecule has 0 atom stereocenters. The predicted octanol–water partition coefficient (Wildman–Crippen LogP) is 0.884. The summed E-state index contributed by atoms with van der Waals surface area (Å²) in [6.45, 7) is 2.52. The lowest BCUT2D eigenvalue weighted by Gasteiger charge is -2.24. The van der Waals surface area contributed by atoms with Gasteiger partial charge in [0.15, 0.2) is 0 Å². The highest BCUT2D eigenvalue weighted by molar-refractivity contribution is 5.92. The highest BCUT2D eigenvalue weighted by Crippen LogP contribution is 2.18. The number of carbonyl (C=O) groups excluding carboxylic acids is 1. The maximum atomic E-state index is 11.6. The van der Waals surface area contributed by atoms with Crippen LogP contribution in [0.5, 0.6) is 0 Å². The molecule has 0 spiro atoms. The summed E-state index contributed by atoms with van der Waals surface area (Å²) in [6, 6.07) is 0. The lowest BCUT2D eigenvalue weighted by atomic mass is 10.1. The molecule has 1 saturated heterocycles. The molecule has 1 aromatic heterocycles. The van der Waals surface area contributed by atoms with E-state index >= 15 is 0 Å². The van der Waals surface area contributed by atoms with Crippen molar-refractivity contribution in [2.75, 3.05) is 17.2 Å². The Labute approximate surface area is 88.3 Å². The zero-order chi connectivity index (χ0) is 10.8. The van der Waals surface area contributed by atoms with Crippen LogP contribution in [0.3, 0.4) is 0 Å². The molecule has 0 bridgehead atoms. The quantitative estimate of drug-likeness (QED) is 0.740. The van der Waals surface area contributed by atoms with Crippen LogP contribution in [0.25, 0.3) is 0 Å². The Bertz CT molecular complexity index is 391. The van der Waals surface area contributed by atoms with E-state index in [0.717, 1.165) is 18.5 Å². The van der Waals surface area contributed by atoms with Gasteiger partial charge in [-0.05, 0) is 19.8 Å². The molecule has 1 aromatic rings. The lowest BCUT2D eigenvalue weighted by Crippen LogP contribution is -2.36. The Balaban J connectivity index is 2.28. The predicted molar refractivity (Wildman–Crippen MR) is 57.4 cm³/mol. The van der Waals surface area contributed by atoms with Crippen LogP contribution in [0.4, 0.5) is 11.6 Å². The summed E-state index contributed by atoms with van der Waals surface area (Å²) in [7, 11) is 0. The molecule has 0 unspecified atom stereocenters. The number of rotatable bonds is 1. The number of aromatic nitrogens is 2. The molecule has 1 fully saturated rings. The van der Waals surface area contributed by atoms with Crippen LogP contribution in [0.2, 0.25) is 0 Å². The van der Waals surface area contributed by atoms with E-state index in [2.05, 4.69) is 9.97 Å². The maximum absolute atomic E-state index is 11.6. The zero-order valence-corrected chi connectivity index (χ0v) is 8.73. The Morgan fingerprint density at radius 3 is 2.93 bits per heavy atom. The molecular formula is C10H14N4O. The monoisotopic (exact) mass is 206 g/mol. The number of piperidine rings is 1.